The van der Waals surface area contributed by atoms with E-state index in [0.29, 0.717) is 6.04 Å². The molecule has 0 bridgehead atoms. The maximum Gasteiger partial charge on any atom is 0.0210 e. The lowest BCUT2D eigenvalue weighted by atomic mass is 9.75. The lowest BCUT2D eigenvalue weighted by Gasteiger charge is -2.38. The zero-order chi connectivity index (χ0) is 13.8. The van der Waals surface area contributed by atoms with Crippen LogP contribution in [0, 0.1) is 5.92 Å². The van der Waals surface area contributed by atoms with Gasteiger partial charge in [0.25, 0.3) is 0 Å². The Morgan fingerprint density at radius 2 is 1.84 bits per heavy atom. The van der Waals surface area contributed by atoms with E-state index in [2.05, 4.69) is 66.3 Å². The number of benzene rings is 1. The Bertz CT molecular complexity index is 396. The summed E-state index contributed by atoms with van der Waals surface area (Å²) in [6.45, 7) is 6.94. The fraction of sp³-hybridized carbons (Fsp3) is 0.647. The molecule has 1 aliphatic carbocycles. The largest absolute Gasteiger partial charge is 0.311 e. The summed E-state index contributed by atoms with van der Waals surface area (Å²) < 4.78 is 1.27. The molecule has 1 aromatic rings. The van der Waals surface area contributed by atoms with Crippen molar-refractivity contribution < 1.29 is 0 Å². The molecular weight excluding hydrogens is 298 g/mol. The topological polar surface area (TPSA) is 12.0 Å². The average Bonchev–Trinajstić information content (AvgIpc) is 2.32. The first-order chi connectivity index (χ1) is 9.06. The second kappa shape index (κ2) is 6.90. The molecule has 1 fully saturated rings. The molecule has 2 heteroatoms. The number of hydrogen-bond donors (Lipinski definition) is 1. The Hall–Kier alpha value is -0.340. The lowest BCUT2D eigenvalue weighted by molar-refractivity contribution is 0.260. The Morgan fingerprint density at radius 3 is 2.47 bits per heavy atom. The first-order valence-corrected chi connectivity index (χ1v) is 8.36. The molecular formula is C17H26BrN. The van der Waals surface area contributed by atoms with Crippen molar-refractivity contribution in [3.05, 3.63) is 34.3 Å². The minimum Gasteiger partial charge on any atom is -0.311 e. The second-order valence-electron chi connectivity index (χ2n) is 6.43. The third kappa shape index (κ3) is 4.32. The van der Waals surface area contributed by atoms with Gasteiger partial charge < -0.3 is 5.32 Å². The quantitative estimate of drug-likeness (QED) is 0.767. The first-order valence-electron chi connectivity index (χ1n) is 7.56. The van der Waals surface area contributed by atoms with Crippen LogP contribution in [0.25, 0.3) is 0 Å². The molecule has 0 radical (unpaired) electrons. The highest BCUT2D eigenvalue weighted by molar-refractivity contribution is 9.10. The molecule has 1 aliphatic rings. The molecule has 0 heterocycles. The van der Waals surface area contributed by atoms with E-state index >= 15 is 0 Å². The van der Waals surface area contributed by atoms with E-state index in [4.69, 9.17) is 0 Å². The predicted octanol–water partition coefficient (Wildman–Crippen LogP) is 5.11. The van der Waals surface area contributed by atoms with Crippen molar-refractivity contribution in [3.8, 4) is 0 Å². The molecule has 1 atom stereocenters. The van der Waals surface area contributed by atoms with Crippen LogP contribution in [0.4, 0.5) is 0 Å². The van der Waals surface area contributed by atoms with Crippen molar-refractivity contribution in [1.29, 1.82) is 0 Å². The van der Waals surface area contributed by atoms with Crippen molar-refractivity contribution in [1.82, 2.24) is 5.32 Å². The summed E-state index contributed by atoms with van der Waals surface area (Å²) in [4.78, 5) is 0. The van der Waals surface area contributed by atoms with Gasteiger partial charge in [0.1, 0.15) is 0 Å². The molecule has 0 saturated heterocycles. The average molecular weight is 324 g/mol. The maximum absolute atomic E-state index is 3.78. The highest BCUT2D eigenvalue weighted by Crippen LogP contribution is 2.40. The van der Waals surface area contributed by atoms with Gasteiger partial charge >= 0.3 is 0 Å². The maximum atomic E-state index is 3.78. The van der Waals surface area contributed by atoms with Crippen LogP contribution in [0.5, 0.6) is 0 Å². The number of rotatable bonds is 6. The predicted molar refractivity (Wildman–Crippen MR) is 86.6 cm³/mol. The molecule has 2 rings (SSSR count). The Morgan fingerprint density at radius 1 is 1.16 bits per heavy atom. The third-order valence-electron chi connectivity index (χ3n) is 4.18. The van der Waals surface area contributed by atoms with Gasteiger partial charge in [-0.2, -0.15) is 0 Å². The standard InChI is InChI=1S/C17H26BrN/c1-12(2)8-9-13(3)19-15-10-14(11-15)16-6-4-5-7-17(16)18/h4-7,12-15,19H,8-11H2,1-3H3. The van der Waals surface area contributed by atoms with Crippen LogP contribution in [0.15, 0.2) is 28.7 Å². The summed E-state index contributed by atoms with van der Waals surface area (Å²) in [7, 11) is 0. The van der Waals surface area contributed by atoms with Gasteiger partial charge in [-0.1, -0.05) is 48.0 Å². The van der Waals surface area contributed by atoms with Crippen LogP contribution in [0.1, 0.15) is 57.9 Å². The molecule has 0 spiro atoms. The fourth-order valence-electron chi connectivity index (χ4n) is 2.88. The number of halogens is 1. The zero-order valence-electron chi connectivity index (χ0n) is 12.3. The molecule has 1 unspecified atom stereocenters. The SMILES string of the molecule is CC(C)CCC(C)NC1CC(c2ccccc2Br)C1. The van der Waals surface area contributed by atoms with Crippen molar-refractivity contribution in [2.75, 3.05) is 0 Å². The lowest BCUT2D eigenvalue weighted by Crippen LogP contribution is -2.44. The van der Waals surface area contributed by atoms with E-state index in [1.807, 2.05) is 0 Å². The summed E-state index contributed by atoms with van der Waals surface area (Å²) in [6.07, 6.45) is 5.20. The van der Waals surface area contributed by atoms with Gasteiger partial charge in [-0.15, -0.1) is 0 Å². The molecule has 0 aliphatic heterocycles. The van der Waals surface area contributed by atoms with E-state index in [0.717, 1.165) is 17.9 Å². The first kappa shape index (κ1) is 15.1. The van der Waals surface area contributed by atoms with Gasteiger partial charge in [-0.3, -0.25) is 0 Å². The van der Waals surface area contributed by atoms with Crippen molar-refractivity contribution in [3.63, 3.8) is 0 Å². The summed E-state index contributed by atoms with van der Waals surface area (Å²) in [6, 6.07) is 10.0. The molecule has 106 valence electrons. The summed E-state index contributed by atoms with van der Waals surface area (Å²) in [5.41, 5.74) is 1.48. The normalized spacial score (nSPS) is 24.3. The number of hydrogen-bond acceptors (Lipinski definition) is 1. The monoisotopic (exact) mass is 323 g/mol. The fourth-order valence-corrected chi connectivity index (χ4v) is 3.49. The molecule has 1 N–H and O–H groups in total. The van der Waals surface area contributed by atoms with E-state index < -0.39 is 0 Å². The van der Waals surface area contributed by atoms with Gasteiger partial charge in [-0.05, 0) is 56.1 Å². The van der Waals surface area contributed by atoms with Crippen molar-refractivity contribution in [2.45, 2.75) is 64.5 Å². The molecule has 19 heavy (non-hydrogen) atoms. The molecule has 1 saturated carbocycles. The van der Waals surface area contributed by atoms with Crippen LogP contribution < -0.4 is 5.32 Å². The zero-order valence-corrected chi connectivity index (χ0v) is 13.9. The smallest absolute Gasteiger partial charge is 0.0210 e. The molecule has 0 aromatic heterocycles. The molecule has 0 amide bonds. The minimum absolute atomic E-state index is 0.660. The van der Waals surface area contributed by atoms with Crippen LogP contribution >= 0.6 is 15.9 Å². The molecule has 1 aromatic carbocycles. The van der Waals surface area contributed by atoms with Gasteiger partial charge in [0.15, 0.2) is 0 Å². The van der Waals surface area contributed by atoms with Crippen LogP contribution in [0.2, 0.25) is 0 Å². The van der Waals surface area contributed by atoms with Crippen LogP contribution in [-0.2, 0) is 0 Å². The summed E-state index contributed by atoms with van der Waals surface area (Å²) in [5, 5.41) is 3.78. The Labute approximate surface area is 126 Å². The summed E-state index contributed by atoms with van der Waals surface area (Å²) >= 11 is 3.66. The highest BCUT2D eigenvalue weighted by Gasteiger charge is 2.31. The van der Waals surface area contributed by atoms with Crippen LogP contribution in [0.3, 0.4) is 0 Å². The van der Waals surface area contributed by atoms with Gasteiger partial charge in [0.05, 0.1) is 0 Å². The Kier molecular flexibility index (Phi) is 5.47. The van der Waals surface area contributed by atoms with Crippen molar-refractivity contribution >= 4 is 15.9 Å². The van der Waals surface area contributed by atoms with Gasteiger partial charge in [-0.25, -0.2) is 0 Å². The molecule has 1 nitrogen and oxygen atoms in total. The minimum atomic E-state index is 0.660. The van der Waals surface area contributed by atoms with E-state index in [1.165, 1.54) is 35.7 Å². The van der Waals surface area contributed by atoms with E-state index in [9.17, 15) is 0 Å². The second-order valence-corrected chi connectivity index (χ2v) is 7.28. The van der Waals surface area contributed by atoms with Crippen molar-refractivity contribution in [2.24, 2.45) is 5.92 Å². The van der Waals surface area contributed by atoms with E-state index in [1.54, 1.807) is 0 Å². The highest BCUT2D eigenvalue weighted by atomic mass is 79.9. The Balaban J connectivity index is 1.73. The van der Waals surface area contributed by atoms with Gasteiger partial charge in [0, 0.05) is 16.6 Å². The third-order valence-corrected chi connectivity index (χ3v) is 4.90. The van der Waals surface area contributed by atoms with Crippen LogP contribution in [-0.4, -0.2) is 12.1 Å². The van der Waals surface area contributed by atoms with E-state index in [-0.39, 0.29) is 0 Å². The summed E-state index contributed by atoms with van der Waals surface area (Å²) in [5.74, 6) is 1.56. The van der Waals surface area contributed by atoms with Gasteiger partial charge in [0.2, 0.25) is 0 Å². The number of nitrogens with one attached hydrogen (secondary N) is 1.